The second kappa shape index (κ2) is 6.44. The molecule has 2 rings (SSSR count). The second-order valence-electron chi connectivity index (χ2n) is 5.40. The van der Waals surface area contributed by atoms with Crippen molar-refractivity contribution in [2.24, 2.45) is 0 Å². The fourth-order valence-corrected chi connectivity index (χ4v) is 2.48. The fraction of sp³-hybridized carbons (Fsp3) is 0.278. The van der Waals surface area contributed by atoms with Crippen molar-refractivity contribution in [3.63, 3.8) is 0 Å². The highest BCUT2D eigenvalue weighted by Crippen LogP contribution is 2.25. The molecule has 0 saturated carbocycles. The molecule has 0 saturated heterocycles. The van der Waals surface area contributed by atoms with E-state index in [1.54, 1.807) is 0 Å². The third kappa shape index (κ3) is 4.09. The van der Waals surface area contributed by atoms with Crippen molar-refractivity contribution in [3.8, 4) is 5.75 Å². The standard InChI is InChI=1S/C18H20O3/c1-12-8-13(2)18(14(3)9-12)21-11-16-6-4-15(5-7-16)10-17(19)20/h4-9H,10-11H2,1-3H3,(H,19,20). The second-order valence-corrected chi connectivity index (χ2v) is 5.40. The maximum atomic E-state index is 10.6. The Balaban J connectivity index is 2.05. The van der Waals surface area contributed by atoms with Gasteiger partial charge < -0.3 is 9.84 Å². The minimum absolute atomic E-state index is 0.0529. The predicted octanol–water partition coefficient (Wildman–Crippen LogP) is 3.82. The van der Waals surface area contributed by atoms with E-state index in [9.17, 15) is 4.79 Å². The Morgan fingerprint density at radius 3 is 2.05 bits per heavy atom. The van der Waals surface area contributed by atoms with Gasteiger partial charge in [-0.2, -0.15) is 0 Å². The number of hydrogen-bond donors (Lipinski definition) is 1. The van der Waals surface area contributed by atoms with Crippen LogP contribution in [0.3, 0.4) is 0 Å². The molecule has 0 unspecified atom stereocenters. The van der Waals surface area contributed by atoms with E-state index in [1.165, 1.54) is 5.56 Å². The third-order valence-corrected chi connectivity index (χ3v) is 3.37. The van der Waals surface area contributed by atoms with Gasteiger partial charge in [-0.05, 0) is 43.0 Å². The molecule has 0 heterocycles. The van der Waals surface area contributed by atoms with E-state index in [2.05, 4.69) is 19.1 Å². The van der Waals surface area contributed by atoms with Gasteiger partial charge in [0.1, 0.15) is 12.4 Å². The molecule has 0 aromatic heterocycles. The Bertz CT molecular complexity index is 619. The van der Waals surface area contributed by atoms with Crippen LogP contribution in [-0.2, 0) is 17.8 Å². The summed E-state index contributed by atoms with van der Waals surface area (Å²) in [6, 6.07) is 11.7. The Morgan fingerprint density at radius 1 is 1.00 bits per heavy atom. The van der Waals surface area contributed by atoms with Gasteiger partial charge in [0.15, 0.2) is 0 Å². The molecule has 3 heteroatoms. The molecule has 1 N–H and O–H groups in total. The van der Waals surface area contributed by atoms with Gasteiger partial charge in [0.05, 0.1) is 6.42 Å². The molecule has 0 amide bonds. The van der Waals surface area contributed by atoms with Crippen LogP contribution >= 0.6 is 0 Å². The summed E-state index contributed by atoms with van der Waals surface area (Å²) in [6.45, 7) is 6.65. The number of aliphatic carboxylic acids is 1. The van der Waals surface area contributed by atoms with Crippen LogP contribution in [0, 0.1) is 20.8 Å². The summed E-state index contributed by atoms with van der Waals surface area (Å²) < 4.78 is 5.91. The average molecular weight is 284 g/mol. The van der Waals surface area contributed by atoms with Gasteiger partial charge in [0.2, 0.25) is 0 Å². The number of benzene rings is 2. The van der Waals surface area contributed by atoms with Crippen molar-refractivity contribution in [1.82, 2.24) is 0 Å². The molecule has 3 nitrogen and oxygen atoms in total. The zero-order valence-electron chi connectivity index (χ0n) is 12.6. The first-order chi connectivity index (χ1) is 9.95. The number of carboxylic acid groups (broad SMARTS) is 1. The number of carboxylic acids is 1. The largest absolute Gasteiger partial charge is 0.488 e. The molecule has 2 aromatic carbocycles. The predicted molar refractivity (Wildman–Crippen MR) is 82.8 cm³/mol. The van der Waals surface area contributed by atoms with Crippen LogP contribution in [0.2, 0.25) is 0 Å². The van der Waals surface area contributed by atoms with E-state index in [-0.39, 0.29) is 6.42 Å². The summed E-state index contributed by atoms with van der Waals surface area (Å²) in [4.78, 5) is 10.6. The van der Waals surface area contributed by atoms with Crippen molar-refractivity contribution < 1.29 is 14.6 Å². The maximum absolute atomic E-state index is 10.6. The van der Waals surface area contributed by atoms with Gasteiger partial charge in [-0.3, -0.25) is 4.79 Å². The van der Waals surface area contributed by atoms with Crippen LogP contribution in [0.15, 0.2) is 36.4 Å². The SMILES string of the molecule is Cc1cc(C)c(OCc2ccc(CC(=O)O)cc2)c(C)c1. The zero-order chi connectivity index (χ0) is 15.4. The molecule has 2 aromatic rings. The van der Waals surface area contributed by atoms with E-state index in [0.717, 1.165) is 28.0 Å². The van der Waals surface area contributed by atoms with E-state index >= 15 is 0 Å². The summed E-state index contributed by atoms with van der Waals surface area (Å²) in [6.07, 6.45) is 0.0529. The quantitative estimate of drug-likeness (QED) is 0.908. The molecule has 0 aliphatic rings. The highest BCUT2D eigenvalue weighted by molar-refractivity contribution is 5.70. The lowest BCUT2D eigenvalue weighted by atomic mass is 10.1. The summed E-state index contributed by atoms with van der Waals surface area (Å²) in [5, 5.41) is 8.75. The molecule has 0 aliphatic carbocycles. The van der Waals surface area contributed by atoms with Crippen LogP contribution in [0.4, 0.5) is 0 Å². The lowest BCUT2D eigenvalue weighted by Gasteiger charge is -2.13. The van der Waals surface area contributed by atoms with E-state index in [0.29, 0.717) is 6.61 Å². The van der Waals surface area contributed by atoms with E-state index < -0.39 is 5.97 Å². The fourth-order valence-electron chi connectivity index (χ4n) is 2.48. The van der Waals surface area contributed by atoms with Crippen LogP contribution < -0.4 is 4.74 Å². The first kappa shape index (κ1) is 15.1. The summed E-state index contributed by atoms with van der Waals surface area (Å²) >= 11 is 0. The first-order valence-electron chi connectivity index (χ1n) is 6.96. The van der Waals surface area contributed by atoms with Crippen molar-refractivity contribution in [2.45, 2.75) is 33.8 Å². The first-order valence-corrected chi connectivity index (χ1v) is 6.96. The summed E-state index contributed by atoms with van der Waals surface area (Å²) in [5.41, 5.74) is 5.33. The third-order valence-electron chi connectivity index (χ3n) is 3.37. The molecule has 0 fully saturated rings. The van der Waals surface area contributed by atoms with Gasteiger partial charge >= 0.3 is 5.97 Å². The van der Waals surface area contributed by atoms with Crippen molar-refractivity contribution in [1.29, 1.82) is 0 Å². The molecule has 0 aliphatic heterocycles. The number of hydrogen-bond acceptors (Lipinski definition) is 2. The van der Waals surface area contributed by atoms with Gasteiger partial charge in [0, 0.05) is 0 Å². The molecular formula is C18H20O3. The lowest BCUT2D eigenvalue weighted by Crippen LogP contribution is -2.02. The number of rotatable bonds is 5. The topological polar surface area (TPSA) is 46.5 Å². The maximum Gasteiger partial charge on any atom is 0.307 e. The molecule has 0 bridgehead atoms. The van der Waals surface area contributed by atoms with Crippen LogP contribution in [0.1, 0.15) is 27.8 Å². The molecular weight excluding hydrogens is 264 g/mol. The van der Waals surface area contributed by atoms with E-state index in [4.69, 9.17) is 9.84 Å². The highest BCUT2D eigenvalue weighted by Gasteiger charge is 2.06. The normalized spacial score (nSPS) is 10.4. The molecule has 0 radical (unpaired) electrons. The van der Waals surface area contributed by atoms with Crippen LogP contribution in [0.25, 0.3) is 0 Å². The molecule has 0 atom stereocenters. The van der Waals surface area contributed by atoms with Gasteiger partial charge in [-0.15, -0.1) is 0 Å². The zero-order valence-corrected chi connectivity index (χ0v) is 12.6. The molecule has 0 spiro atoms. The number of aryl methyl sites for hydroxylation is 3. The monoisotopic (exact) mass is 284 g/mol. The number of ether oxygens (including phenoxy) is 1. The summed E-state index contributed by atoms with van der Waals surface area (Å²) in [7, 11) is 0. The van der Waals surface area contributed by atoms with Crippen molar-refractivity contribution in [2.75, 3.05) is 0 Å². The van der Waals surface area contributed by atoms with E-state index in [1.807, 2.05) is 38.1 Å². The Labute approximate surface area is 125 Å². The molecule has 110 valence electrons. The van der Waals surface area contributed by atoms with Crippen molar-refractivity contribution >= 4 is 5.97 Å². The van der Waals surface area contributed by atoms with Gasteiger partial charge in [0.25, 0.3) is 0 Å². The molecule has 21 heavy (non-hydrogen) atoms. The average Bonchev–Trinajstić information content (AvgIpc) is 2.38. The summed E-state index contributed by atoms with van der Waals surface area (Å²) in [5.74, 6) is 0.111. The van der Waals surface area contributed by atoms with Crippen LogP contribution in [-0.4, -0.2) is 11.1 Å². The van der Waals surface area contributed by atoms with Gasteiger partial charge in [-0.25, -0.2) is 0 Å². The number of carbonyl (C=O) groups is 1. The Hall–Kier alpha value is -2.29. The van der Waals surface area contributed by atoms with Crippen LogP contribution in [0.5, 0.6) is 5.75 Å². The lowest BCUT2D eigenvalue weighted by molar-refractivity contribution is -0.136. The minimum atomic E-state index is -0.815. The van der Waals surface area contributed by atoms with Gasteiger partial charge in [-0.1, -0.05) is 42.0 Å². The Kier molecular flexibility index (Phi) is 4.63. The smallest absolute Gasteiger partial charge is 0.307 e. The minimum Gasteiger partial charge on any atom is -0.488 e. The Morgan fingerprint density at radius 2 is 1.52 bits per heavy atom. The highest BCUT2D eigenvalue weighted by atomic mass is 16.5. The van der Waals surface area contributed by atoms with Crippen molar-refractivity contribution in [3.05, 3.63) is 64.2 Å².